The second-order valence-corrected chi connectivity index (χ2v) is 7.33. The average molecular weight is 434 g/mol. The van der Waals surface area contributed by atoms with E-state index in [2.05, 4.69) is 17.3 Å². The van der Waals surface area contributed by atoms with Gasteiger partial charge in [0.2, 0.25) is 5.91 Å². The highest BCUT2D eigenvalue weighted by Crippen LogP contribution is 2.36. The van der Waals surface area contributed by atoms with Gasteiger partial charge in [-0.3, -0.25) is 9.69 Å². The van der Waals surface area contributed by atoms with Gasteiger partial charge >= 0.3 is 0 Å². The molecular weight excluding hydrogens is 401 g/mol. The fraction of sp³-hybridized carbons (Fsp3) is 0.650. The number of amides is 1. The van der Waals surface area contributed by atoms with Gasteiger partial charge in [0.15, 0.2) is 0 Å². The summed E-state index contributed by atoms with van der Waals surface area (Å²) in [7, 11) is 5.44. The standard InChI is InChI=1S/C20H31N3O3.2ClH/c1-22(16-6-9-21-10-7-16)14-20(24)23-11-8-15(13-23)18-12-17(25-2)4-5-19(18)26-3;;/h4-5,12,15-16,21H,6-11,13-14H2,1-3H3;2*1H. The highest BCUT2D eigenvalue weighted by molar-refractivity contribution is 5.85. The van der Waals surface area contributed by atoms with Gasteiger partial charge in [0.25, 0.3) is 0 Å². The van der Waals surface area contributed by atoms with Crippen LogP contribution in [0, 0.1) is 0 Å². The third-order valence-electron chi connectivity index (χ3n) is 5.73. The van der Waals surface area contributed by atoms with E-state index in [1.807, 2.05) is 23.1 Å². The second-order valence-electron chi connectivity index (χ2n) is 7.33. The molecule has 1 amide bonds. The van der Waals surface area contributed by atoms with Crippen LogP contribution in [0.3, 0.4) is 0 Å². The summed E-state index contributed by atoms with van der Waals surface area (Å²) in [6, 6.07) is 6.41. The van der Waals surface area contributed by atoms with Gasteiger partial charge < -0.3 is 19.7 Å². The molecule has 0 spiro atoms. The van der Waals surface area contributed by atoms with E-state index in [9.17, 15) is 4.79 Å². The Labute approximate surface area is 180 Å². The molecule has 1 atom stereocenters. The van der Waals surface area contributed by atoms with Crippen LogP contribution in [-0.4, -0.2) is 75.7 Å². The Balaban J connectivity index is 0.00000196. The molecule has 1 N–H and O–H groups in total. The maximum absolute atomic E-state index is 12.8. The Hall–Kier alpha value is -1.21. The molecule has 0 aliphatic carbocycles. The number of halogens is 2. The molecule has 2 aliphatic rings. The lowest BCUT2D eigenvalue weighted by Gasteiger charge is -2.32. The van der Waals surface area contributed by atoms with Crippen molar-refractivity contribution < 1.29 is 14.3 Å². The summed E-state index contributed by atoms with van der Waals surface area (Å²) in [5.74, 6) is 2.23. The van der Waals surface area contributed by atoms with Crippen molar-refractivity contribution in [2.45, 2.75) is 31.2 Å². The molecule has 28 heavy (non-hydrogen) atoms. The van der Waals surface area contributed by atoms with Crippen LogP contribution < -0.4 is 14.8 Å². The molecule has 6 nitrogen and oxygen atoms in total. The Morgan fingerprint density at radius 1 is 1.18 bits per heavy atom. The first-order valence-corrected chi connectivity index (χ1v) is 9.53. The molecule has 2 aliphatic heterocycles. The molecule has 0 aromatic heterocycles. The topological polar surface area (TPSA) is 54.0 Å². The predicted octanol–water partition coefficient (Wildman–Crippen LogP) is 2.55. The molecule has 1 unspecified atom stereocenters. The van der Waals surface area contributed by atoms with E-state index in [4.69, 9.17) is 9.47 Å². The van der Waals surface area contributed by atoms with E-state index in [1.54, 1.807) is 14.2 Å². The van der Waals surface area contributed by atoms with Crippen molar-refractivity contribution in [1.82, 2.24) is 15.1 Å². The number of likely N-dealkylation sites (N-methyl/N-ethyl adjacent to an activating group) is 1. The first kappa shape index (κ1) is 24.8. The lowest BCUT2D eigenvalue weighted by molar-refractivity contribution is -0.131. The molecule has 0 bridgehead atoms. The molecular formula is C20H33Cl2N3O3. The van der Waals surface area contributed by atoms with Gasteiger partial charge in [-0.05, 0) is 57.6 Å². The van der Waals surface area contributed by atoms with Gasteiger partial charge in [-0.25, -0.2) is 0 Å². The first-order chi connectivity index (χ1) is 12.6. The van der Waals surface area contributed by atoms with Crippen LogP contribution in [-0.2, 0) is 4.79 Å². The molecule has 8 heteroatoms. The van der Waals surface area contributed by atoms with Crippen molar-refractivity contribution in [3.8, 4) is 11.5 Å². The molecule has 3 rings (SSSR count). The molecule has 2 heterocycles. The Morgan fingerprint density at radius 3 is 2.54 bits per heavy atom. The number of nitrogens with one attached hydrogen (secondary N) is 1. The number of nitrogens with zero attached hydrogens (tertiary/aromatic N) is 2. The van der Waals surface area contributed by atoms with Gasteiger partial charge in [0.05, 0.1) is 20.8 Å². The van der Waals surface area contributed by atoms with Crippen LogP contribution in [0.4, 0.5) is 0 Å². The summed E-state index contributed by atoms with van der Waals surface area (Å²) in [6.45, 7) is 4.16. The Kier molecular flexibility index (Phi) is 10.4. The van der Waals surface area contributed by atoms with Crippen molar-refractivity contribution in [3.63, 3.8) is 0 Å². The van der Waals surface area contributed by atoms with Gasteiger partial charge in [-0.15, -0.1) is 24.8 Å². The molecule has 160 valence electrons. The van der Waals surface area contributed by atoms with Crippen molar-refractivity contribution in [1.29, 1.82) is 0 Å². The van der Waals surface area contributed by atoms with Crippen LogP contribution in [0.5, 0.6) is 11.5 Å². The van der Waals surface area contributed by atoms with Crippen molar-refractivity contribution in [3.05, 3.63) is 23.8 Å². The molecule has 1 aromatic carbocycles. The number of hydrogen-bond acceptors (Lipinski definition) is 5. The summed E-state index contributed by atoms with van der Waals surface area (Å²) in [5, 5.41) is 3.38. The zero-order valence-corrected chi connectivity index (χ0v) is 18.6. The summed E-state index contributed by atoms with van der Waals surface area (Å²) in [5.41, 5.74) is 1.13. The summed E-state index contributed by atoms with van der Waals surface area (Å²) >= 11 is 0. The van der Waals surface area contributed by atoms with E-state index in [0.29, 0.717) is 18.5 Å². The maximum atomic E-state index is 12.8. The molecule has 1 aromatic rings. The largest absolute Gasteiger partial charge is 0.497 e. The van der Waals surface area contributed by atoms with Gasteiger partial charge in [-0.2, -0.15) is 0 Å². The number of carbonyl (C=O) groups is 1. The lowest BCUT2D eigenvalue weighted by atomic mass is 9.97. The van der Waals surface area contributed by atoms with E-state index >= 15 is 0 Å². The van der Waals surface area contributed by atoms with Crippen LogP contribution in [0.25, 0.3) is 0 Å². The molecule has 0 saturated carbocycles. The highest BCUT2D eigenvalue weighted by atomic mass is 35.5. The second kappa shape index (κ2) is 11.7. The zero-order valence-electron chi connectivity index (χ0n) is 17.0. The quantitative estimate of drug-likeness (QED) is 0.746. The smallest absolute Gasteiger partial charge is 0.236 e. The highest BCUT2D eigenvalue weighted by Gasteiger charge is 2.30. The van der Waals surface area contributed by atoms with Crippen molar-refractivity contribution >= 4 is 30.7 Å². The van der Waals surface area contributed by atoms with E-state index in [1.165, 1.54) is 0 Å². The number of likely N-dealkylation sites (tertiary alicyclic amines) is 1. The predicted molar refractivity (Wildman–Crippen MR) is 117 cm³/mol. The summed E-state index contributed by atoms with van der Waals surface area (Å²) in [4.78, 5) is 17.0. The fourth-order valence-corrected chi connectivity index (χ4v) is 4.09. The van der Waals surface area contributed by atoms with E-state index in [-0.39, 0.29) is 30.7 Å². The lowest BCUT2D eigenvalue weighted by Crippen LogP contribution is -2.46. The zero-order chi connectivity index (χ0) is 18.5. The Bertz CT molecular complexity index is 627. The van der Waals surface area contributed by atoms with Crippen molar-refractivity contribution in [2.75, 3.05) is 54.0 Å². The van der Waals surface area contributed by atoms with E-state index in [0.717, 1.165) is 62.5 Å². The minimum Gasteiger partial charge on any atom is -0.497 e. The van der Waals surface area contributed by atoms with Gasteiger partial charge in [-0.1, -0.05) is 0 Å². The maximum Gasteiger partial charge on any atom is 0.236 e. The normalized spacial score (nSPS) is 19.7. The third kappa shape index (κ3) is 5.89. The minimum absolute atomic E-state index is 0. The monoisotopic (exact) mass is 433 g/mol. The fourth-order valence-electron chi connectivity index (χ4n) is 4.09. The Morgan fingerprint density at radius 2 is 1.89 bits per heavy atom. The summed E-state index contributed by atoms with van der Waals surface area (Å²) < 4.78 is 10.9. The van der Waals surface area contributed by atoms with E-state index < -0.39 is 0 Å². The van der Waals surface area contributed by atoms with Gasteiger partial charge in [0, 0.05) is 30.6 Å². The van der Waals surface area contributed by atoms with Crippen LogP contribution in [0.2, 0.25) is 0 Å². The molecule has 2 saturated heterocycles. The first-order valence-electron chi connectivity index (χ1n) is 9.53. The van der Waals surface area contributed by atoms with Crippen molar-refractivity contribution in [2.24, 2.45) is 0 Å². The average Bonchev–Trinajstić information content (AvgIpc) is 3.18. The van der Waals surface area contributed by atoms with Crippen LogP contribution in [0.1, 0.15) is 30.7 Å². The number of benzene rings is 1. The molecule has 2 fully saturated rings. The van der Waals surface area contributed by atoms with Gasteiger partial charge in [0.1, 0.15) is 11.5 Å². The summed E-state index contributed by atoms with van der Waals surface area (Å²) in [6.07, 6.45) is 3.20. The van der Waals surface area contributed by atoms with Crippen LogP contribution >= 0.6 is 24.8 Å². The minimum atomic E-state index is 0. The SMILES string of the molecule is COc1ccc(OC)c(C2CCN(C(=O)CN(C)C3CCNCC3)C2)c1.Cl.Cl. The molecule has 0 radical (unpaired) electrons. The number of piperidine rings is 1. The number of rotatable bonds is 6. The number of methoxy groups -OCH3 is 2. The number of ether oxygens (including phenoxy) is 2. The van der Waals surface area contributed by atoms with Crippen LogP contribution in [0.15, 0.2) is 18.2 Å². The number of carbonyl (C=O) groups excluding carboxylic acids is 1. The number of hydrogen-bond donors (Lipinski definition) is 1. The third-order valence-corrected chi connectivity index (χ3v) is 5.73.